The van der Waals surface area contributed by atoms with E-state index in [-0.39, 0.29) is 17.8 Å². The van der Waals surface area contributed by atoms with Crippen molar-refractivity contribution in [2.75, 3.05) is 13.1 Å². The molecule has 20 heavy (non-hydrogen) atoms. The van der Waals surface area contributed by atoms with Crippen molar-refractivity contribution < 1.29 is 10.0 Å². The molecule has 108 valence electrons. The Morgan fingerprint density at radius 3 is 2.60 bits per heavy atom. The molecule has 0 unspecified atom stereocenters. The molecule has 6 heteroatoms. The summed E-state index contributed by atoms with van der Waals surface area (Å²) in [5, 5.41) is 14.6. The number of benzene rings is 1. The molecular formula is C14H20N4O2. The first-order valence-electron chi connectivity index (χ1n) is 6.75. The predicted molar refractivity (Wildman–Crippen MR) is 76.4 cm³/mol. The van der Waals surface area contributed by atoms with Crippen molar-refractivity contribution >= 4 is 11.9 Å². The van der Waals surface area contributed by atoms with E-state index in [1.807, 2.05) is 30.3 Å². The molecule has 1 aliphatic rings. The van der Waals surface area contributed by atoms with Crippen LogP contribution in [0.15, 0.2) is 35.5 Å². The molecule has 1 heterocycles. The largest absolute Gasteiger partial charge is 0.409 e. The number of carbonyl (C=O) groups excluding carboxylic acids is 1. The minimum atomic E-state index is -0.0631. The van der Waals surface area contributed by atoms with Crippen LogP contribution in [0.2, 0.25) is 0 Å². The van der Waals surface area contributed by atoms with Crippen molar-refractivity contribution in [3.8, 4) is 0 Å². The Morgan fingerprint density at radius 1 is 1.35 bits per heavy atom. The van der Waals surface area contributed by atoms with Gasteiger partial charge in [-0.15, -0.1) is 0 Å². The van der Waals surface area contributed by atoms with Crippen molar-refractivity contribution in [1.29, 1.82) is 0 Å². The number of carbonyl (C=O) groups is 1. The second-order valence-electron chi connectivity index (χ2n) is 4.93. The van der Waals surface area contributed by atoms with E-state index in [4.69, 9.17) is 10.9 Å². The van der Waals surface area contributed by atoms with Crippen LogP contribution >= 0.6 is 0 Å². The van der Waals surface area contributed by atoms with Gasteiger partial charge in [-0.05, 0) is 18.4 Å². The fourth-order valence-corrected chi connectivity index (χ4v) is 2.35. The number of amides is 2. The van der Waals surface area contributed by atoms with Gasteiger partial charge in [0.2, 0.25) is 0 Å². The Labute approximate surface area is 118 Å². The zero-order valence-electron chi connectivity index (χ0n) is 11.3. The average molecular weight is 276 g/mol. The number of piperidine rings is 1. The summed E-state index contributed by atoms with van der Waals surface area (Å²) in [5.74, 6) is 0.326. The lowest BCUT2D eigenvalue weighted by atomic mass is 9.96. The molecule has 4 N–H and O–H groups in total. The molecule has 0 bridgehead atoms. The van der Waals surface area contributed by atoms with Gasteiger partial charge in [0.05, 0.1) is 0 Å². The summed E-state index contributed by atoms with van der Waals surface area (Å²) < 4.78 is 0. The summed E-state index contributed by atoms with van der Waals surface area (Å²) in [6, 6.07) is 9.74. The maximum absolute atomic E-state index is 12.0. The molecule has 2 amide bonds. The summed E-state index contributed by atoms with van der Waals surface area (Å²) >= 11 is 0. The van der Waals surface area contributed by atoms with Crippen LogP contribution in [0.1, 0.15) is 18.4 Å². The number of urea groups is 1. The second-order valence-corrected chi connectivity index (χ2v) is 4.93. The fraction of sp³-hybridized carbons (Fsp3) is 0.429. The summed E-state index contributed by atoms with van der Waals surface area (Å²) in [6.45, 7) is 1.78. The highest BCUT2D eigenvalue weighted by Gasteiger charge is 2.24. The average Bonchev–Trinajstić information content (AvgIpc) is 2.53. The van der Waals surface area contributed by atoms with Gasteiger partial charge in [0.15, 0.2) is 0 Å². The van der Waals surface area contributed by atoms with Gasteiger partial charge in [-0.25, -0.2) is 4.79 Å². The first-order valence-corrected chi connectivity index (χ1v) is 6.75. The van der Waals surface area contributed by atoms with E-state index in [1.165, 1.54) is 0 Å². The van der Waals surface area contributed by atoms with Gasteiger partial charge in [0.1, 0.15) is 5.84 Å². The van der Waals surface area contributed by atoms with Gasteiger partial charge in [0.25, 0.3) is 0 Å². The van der Waals surface area contributed by atoms with Crippen LogP contribution in [-0.4, -0.2) is 35.1 Å². The van der Waals surface area contributed by atoms with Crippen LogP contribution in [0.3, 0.4) is 0 Å². The maximum atomic E-state index is 12.0. The summed E-state index contributed by atoms with van der Waals surface area (Å²) in [7, 11) is 0. The highest BCUT2D eigenvalue weighted by molar-refractivity contribution is 5.82. The lowest BCUT2D eigenvalue weighted by Crippen LogP contribution is -2.46. The molecule has 2 rings (SSSR count). The van der Waals surface area contributed by atoms with Crippen molar-refractivity contribution in [2.45, 2.75) is 19.4 Å². The number of amidine groups is 1. The van der Waals surface area contributed by atoms with Gasteiger partial charge in [-0.2, -0.15) is 0 Å². The standard InChI is InChI=1S/C14H20N4O2/c15-13(17-20)12-6-8-18(9-7-12)14(19)16-10-11-4-2-1-3-5-11/h1-5,12,20H,6-10H2,(H2,15,17)(H,16,19). The Balaban J connectivity index is 1.77. The Kier molecular flexibility index (Phi) is 4.81. The van der Waals surface area contributed by atoms with Gasteiger partial charge in [0, 0.05) is 25.6 Å². The third-order valence-corrected chi connectivity index (χ3v) is 3.60. The molecular weight excluding hydrogens is 256 g/mol. The normalized spacial score (nSPS) is 17.0. The summed E-state index contributed by atoms with van der Waals surface area (Å²) in [6.07, 6.45) is 1.46. The smallest absolute Gasteiger partial charge is 0.317 e. The quantitative estimate of drug-likeness (QED) is 0.337. The second kappa shape index (κ2) is 6.79. The fourth-order valence-electron chi connectivity index (χ4n) is 2.35. The summed E-state index contributed by atoms with van der Waals surface area (Å²) in [5.41, 5.74) is 6.66. The van der Waals surface area contributed by atoms with Crippen LogP contribution in [0.25, 0.3) is 0 Å². The lowest BCUT2D eigenvalue weighted by molar-refractivity contribution is 0.179. The third kappa shape index (κ3) is 3.63. The predicted octanol–water partition coefficient (Wildman–Crippen LogP) is 1.35. The van der Waals surface area contributed by atoms with E-state index < -0.39 is 0 Å². The summed E-state index contributed by atoms with van der Waals surface area (Å²) in [4.78, 5) is 13.8. The highest BCUT2D eigenvalue weighted by atomic mass is 16.4. The Hall–Kier alpha value is -2.24. The molecule has 1 aromatic carbocycles. The van der Waals surface area contributed by atoms with Crippen LogP contribution in [0.5, 0.6) is 0 Å². The van der Waals surface area contributed by atoms with Crippen LogP contribution in [-0.2, 0) is 6.54 Å². The molecule has 0 atom stereocenters. The molecule has 1 aliphatic heterocycles. The van der Waals surface area contributed by atoms with Crippen molar-refractivity contribution in [3.63, 3.8) is 0 Å². The number of nitrogens with two attached hydrogens (primary N) is 1. The van der Waals surface area contributed by atoms with Crippen LogP contribution in [0, 0.1) is 5.92 Å². The molecule has 0 radical (unpaired) electrons. The molecule has 0 aliphatic carbocycles. The lowest BCUT2D eigenvalue weighted by Gasteiger charge is -2.31. The number of nitrogens with one attached hydrogen (secondary N) is 1. The number of hydrogen-bond acceptors (Lipinski definition) is 3. The van der Waals surface area contributed by atoms with E-state index in [2.05, 4.69) is 10.5 Å². The SMILES string of the molecule is N/C(=N/O)C1CCN(C(=O)NCc2ccccc2)CC1. The maximum Gasteiger partial charge on any atom is 0.317 e. The minimum Gasteiger partial charge on any atom is -0.409 e. The zero-order chi connectivity index (χ0) is 14.4. The van der Waals surface area contributed by atoms with Gasteiger partial charge in [-0.3, -0.25) is 0 Å². The Bertz CT molecular complexity index is 467. The zero-order valence-corrected chi connectivity index (χ0v) is 11.3. The topological polar surface area (TPSA) is 91.0 Å². The van der Waals surface area contributed by atoms with Crippen molar-refractivity contribution in [1.82, 2.24) is 10.2 Å². The van der Waals surface area contributed by atoms with Gasteiger partial charge < -0.3 is 21.2 Å². The number of hydrogen-bond donors (Lipinski definition) is 3. The van der Waals surface area contributed by atoms with Crippen LogP contribution < -0.4 is 11.1 Å². The van der Waals surface area contributed by atoms with E-state index in [1.54, 1.807) is 4.90 Å². The van der Waals surface area contributed by atoms with Crippen LogP contribution in [0.4, 0.5) is 4.79 Å². The molecule has 0 saturated carbocycles. The van der Waals surface area contributed by atoms with E-state index in [9.17, 15) is 4.79 Å². The highest BCUT2D eigenvalue weighted by Crippen LogP contribution is 2.17. The molecule has 1 saturated heterocycles. The third-order valence-electron chi connectivity index (χ3n) is 3.60. The first kappa shape index (κ1) is 14.2. The molecule has 0 aromatic heterocycles. The molecule has 1 fully saturated rings. The van der Waals surface area contributed by atoms with Gasteiger partial charge >= 0.3 is 6.03 Å². The minimum absolute atomic E-state index is 0.0631. The number of rotatable bonds is 3. The number of nitrogens with zero attached hydrogens (tertiary/aromatic N) is 2. The number of oxime groups is 1. The van der Waals surface area contributed by atoms with E-state index in [0.717, 1.165) is 18.4 Å². The Morgan fingerprint density at radius 2 is 2.00 bits per heavy atom. The van der Waals surface area contributed by atoms with Crippen molar-refractivity contribution in [2.24, 2.45) is 16.8 Å². The van der Waals surface area contributed by atoms with Crippen molar-refractivity contribution in [3.05, 3.63) is 35.9 Å². The van der Waals surface area contributed by atoms with E-state index in [0.29, 0.717) is 19.6 Å². The molecule has 6 nitrogen and oxygen atoms in total. The van der Waals surface area contributed by atoms with Gasteiger partial charge in [-0.1, -0.05) is 35.5 Å². The number of likely N-dealkylation sites (tertiary alicyclic amines) is 1. The first-order chi connectivity index (χ1) is 9.70. The molecule has 1 aromatic rings. The molecule has 0 spiro atoms. The van der Waals surface area contributed by atoms with E-state index >= 15 is 0 Å². The monoisotopic (exact) mass is 276 g/mol.